The molecule has 3 rings (SSSR count). The summed E-state index contributed by atoms with van der Waals surface area (Å²) in [5.41, 5.74) is 2.15. The first kappa shape index (κ1) is 18.6. The number of rotatable bonds is 5. The van der Waals surface area contributed by atoms with E-state index in [1.54, 1.807) is 12.1 Å². The van der Waals surface area contributed by atoms with E-state index in [0.29, 0.717) is 18.7 Å². The highest BCUT2D eigenvalue weighted by Gasteiger charge is 2.28. The van der Waals surface area contributed by atoms with Gasteiger partial charge in [-0.2, -0.15) is 4.31 Å². The van der Waals surface area contributed by atoms with Gasteiger partial charge in [0.05, 0.1) is 10.9 Å². The van der Waals surface area contributed by atoms with Crippen LogP contribution in [-0.2, 0) is 10.0 Å². The topological polar surface area (TPSA) is 66.5 Å². The van der Waals surface area contributed by atoms with Gasteiger partial charge in [0.25, 0.3) is 5.91 Å². The van der Waals surface area contributed by atoms with Crippen molar-refractivity contribution in [2.75, 3.05) is 13.1 Å². The van der Waals surface area contributed by atoms with Crippen LogP contribution in [0.2, 0.25) is 0 Å². The van der Waals surface area contributed by atoms with Crippen LogP contribution in [-0.4, -0.2) is 31.7 Å². The first-order valence-corrected chi connectivity index (χ1v) is 10.3. The molecular formula is C20H24N2O3S. The molecule has 1 amide bonds. The number of carbonyl (C=O) groups is 1. The largest absolute Gasteiger partial charge is 0.346 e. The second-order valence-electron chi connectivity index (χ2n) is 6.69. The van der Waals surface area contributed by atoms with Crippen LogP contribution >= 0.6 is 0 Å². The molecule has 1 fully saturated rings. The third-order valence-corrected chi connectivity index (χ3v) is 6.70. The number of hydrogen-bond acceptors (Lipinski definition) is 3. The van der Waals surface area contributed by atoms with Gasteiger partial charge in [-0.15, -0.1) is 0 Å². The Morgan fingerprint density at radius 1 is 1.08 bits per heavy atom. The van der Waals surface area contributed by atoms with Crippen molar-refractivity contribution in [1.29, 1.82) is 0 Å². The lowest BCUT2D eigenvalue weighted by molar-refractivity contribution is 0.0939. The Morgan fingerprint density at radius 2 is 1.73 bits per heavy atom. The molecule has 1 heterocycles. The highest BCUT2D eigenvalue weighted by molar-refractivity contribution is 7.89. The standard InChI is InChI=1S/C20H24N2O3S/c1-15-10-11-18(26(24,25)22-12-6-7-13-22)14-19(15)20(23)21-16(2)17-8-4-3-5-9-17/h3-5,8-11,14,16H,6-7,12-13H2,1-2H3,(H,21,23)/t16-/m1/s1. The molecule has 5 nitrogen and oxygen atoms in total. The Kier molecular flexibility index (Phi) is 5.44. The molecule has 1 N–H and O–H groups in total. The predicted octanol–water partition coefficient (Wildman–Crippen LogP) is 3.27. The summed E-state index contributed by atoms with van der Waals surface area (Å²) in [5.74, 6) is -0.266. The van der Waals surface area contributed by atoms with Gasteiger partial charge < -0.3 is 5.32 Å². The Hall–Kier alpha value is -2.18. The third-order valence-electron chi connectivity index (χ3n) is 4.80. The number of hydrogen-bond donors (Lipinski definition) is 1. The molecule has 2 aromatic rings. The van der Waals surface area contributed by atoms with Crippen molar-refractivity contribution >= 4 is 15.9 Å². The smallest absolute Gasteiger partial charge is 0.252 e. The molecule has 0 aliphatic carbocycles. The quantitative estimate of drug-likeness (QED) is 0.876. The van der Waals surface area contributed by atoms with Gasteiger partial charge in [-0.25, -0.2) is 8.42 Å². The maximum absolute atomic E-state index is 12.8. The number of nitrogens with zero attached hydrogens (tertiary/aromatic N) is 1. The summed E-state index contributed by atoms with van der Waals surface area (Å²) in [4.78, 5) is 12.9. The molecule has 0 spiro atoms. The normalized spacial score (nSPS) is 16.4. The van der Waals surface area contributed by atoms with Crippen LogP contribution < -0.4 is 5.32 Å². The van der Waals surface area contributed by atoms with Crippen molar-refractivity contribution in [3.05, 3.63) is 65.2 Å². The minimum Gasteiger partial charge on any atom is -0.346 e. The zero-order chi connectivity index (χ0) is 18.7. The number of sulfonamides is 1. The van der Waals surface area contributed by atoms with E-state index in [1.807, 2.05) is 44.2 Å². The maximum Gasteiger partial charge on any atom is 0.252 e. The van der Waals surface area contributed by atoms with Crippen LogP contribution in [0.15, 0.2) is 53.4 Å². The fraction of sp³-hybridized carbons (Fsp3) is 0.350. The fourth-order valence-electron chi connectivity index (χ4n) is 3.18. The molecule has 0 bridgehead atoms. The van der Waals surface area contributed by atoms with Crippen LogP contribution in [0, 0.1) is 6.92 Å². The van der Waals surface area contributed by atoms with Gasteiger partial charge >= 0.3 is 0 Å². The van der Waals surface area contributed by atoms with Crippen molar-refractivity contribution in [2.45, 2.75) is 37.6 Å². The van der Waals surface area contributed by atoms with Crippen LogP contribution in [0.5, 0.6) is 0 Å². The summed E-state index contributed by atoms with van der Waals surface area (Å²) in [5, 5.41) is 2.95. The molecule has 0 aromatic heterocycles. The second-order valence-corrected chi connectivity index (χ2v) is 8.63. The summed E-state index contributed by atoms with van der Waals surface area (Å²) >= 11 is 0. The van der Waals surface area contributed by atoms with E-state index in [0.717, 1.165) is 24.0 Å². The fourth-order valence-corrected chi connectivity index (χ4v) is 4.73. The SMILES string of the molecule is Cc1ccc(S(=O)(=O)N2CCCC2)cc1C(=O)N[C@H](C)c1ccccc1. The zero-order valence-corrected chi connectivity index (χ0v) is 15.9. The molecule has 1 saturated heterocycles. The predicted molar refractivity (Wildman–Crippen MR) is 101 cm³/mol. The van der Waals surface area contributed by atoms with Crippen LogP contribution in [0.4, 0.5) is 0 Å². The van der Waals surface area contributed by atoms with E-state index in [1.165, 1.54) is 10.4 Å². The zero-order valence-electron chi connectivity index (χ0n) is 15.1. The van der Waals surface area contributed by atoms with Crippen LogP contribution in [0.25, 0.3) is 0 Å². The van der Waals surface area contributed by atoms with Gasteiger partial charge in [-0.3, -0.25) is 4.79 Å². The second kappa shape index (κ2) is 7.60. The Balaban J connectivity index is 1.84. The number of aryl methyl sites for hydroxylation is 1. The lowest BCUT2D eigenvalue weighted by atomic mass is 10.1. The third kappa shape index (κ3) is 3.81. The lowest BCUT2D eigenvalue weighted by Crippen LogP contribution is -2.29. The molecule has 0 radical (unpaired) electrons. The van der Waals surface area contributed by atoms with Gasteiger partial charge in [-0.1, -0.05) is 36.4 Å². The van der Waals surface area contributed by atoms with E-state index in [2.05, 4.69) is 5.32 Å². The van der Waals surface area contributed by atoms with Gasteiger partial charge in [0.2, 0.25) is 10.0 Å². The van der Waals surface area contributed by atoms with E-state index in [4.69, 9.17) is 0 Å². The summed E-state index contributed by atoms with van der Waals surface area (Å²) in [6.45, 7) is 4.81. The molecule has 138 valence electrons. The molecule has 0 unspecified atom stereocenters. The maximum atomic E-state index is 12.8. The average molecular weight is 372 g/mol. The number of amides is 1. The molecule has 2 aromatic carbocycles. The van der Waals surface area contributed by atoms with Crippen molar-refractivity contribution in [2.24, 2.45) is 0 Å². The minimum absolute atomic E-state index is 0.165. The Morgan fingerprint density at radius 3 is 2.38 bits per heavy atom. The van der Waals surface area contributed by atoms with E-state index in [-0.39, 0.29) is 16.8 Å². The Labute approximate surface area is 155 Å². The minimum atomic E-state index is -3.54. The number of nitrogens with one attached hydrogen (secondary N) is 1. The first-order valence-electron chi connectivity index (χ1n) is 8.86. The summed E-state index contributed by atoms with van der Waals surface area (Å²) in [6.07, 6.45) is 1.76. The van der Waals surface area contributed by atoms with E-state index in [9.17, 15) is 13.2 Å². The van der Waals surface area contributed by atoms with E-state index < -0.39 is 10.0 Å². The van der Waals surface area contributed by atoms with Crippen LogP contribution in [0.1, 0.15) is 47.3 Å². The van der Waals surface area contributed by atoms with Crippen molar-refractivity contribution in [3.8, 4) is 0 Å². The molecule has 6 heteroatoms. The molecule has 1 aliphatic heterocycles. The summed E-state index contributed by atoms with van der Waals surface area (Å²) < 4.78 is 27.0. The van der Waals surface area contributed by atoms with Gasteiger partial charge in [-0.05, 0) is 49.9 Å². The number of benzene rings is 2. The highest BCUT2D eigenvalue weighted by Crippen LogP contribution is 2.23. The van der Waals surface area contributed by atoms with Gasteiger partial charge in [0.1, 0.15) is 0 Å². The Bertz CT molecular complexity index is 889. The molecule has 26 heavy (non-hydrogen) atoms. The summed E-state index contributed by atoms with van der Waals surface area (Å²) in [6, 6.07) is 14.3. The van der Waals surface area contributed by atoms with Crippen LogP contribution in [0.3, 0.4) is 0 Å². The van der Waals surface area contributed by atoms with E-state index >= 15 is 0 Å². The average Bonchev–Trinajstić information content (AvgIpc) is 3.18. The molecule has 0 saturated carbocycles. The summed E-state index contributed by atoms with van der Waals surface area (Å²) in [7, 11) is -3.54. The van der Waals surface area contributed by atoms with Crippen molar-refractivity contribution in [1.82, 2.24) is 9.62 Å². The molecule has 1 atom stereocenters. The molecular weight excluding hydrogens is 348 g/mol. The van der Waals surface area contributed by atoms with Gasteiger partial charge in [0, 0.05) is 18.7 Å². The van der Waals surface area contributed by atoms with Crippen molar-refractivity contribution in [3.63, 3.8) is 0 Å². The highest BCUT2D eigenvalue weighted by atomic mass is 32.2. The lowest BCUT2D eigenvalue weighted by Gasteiger charge is -2.18. The monoisotopic (exact) mass is 372 g/mol. The molecule has 1 aliphatic rings. The number of carbonyl (C=O) groups excluding carboxylic acids is 1. The van der Waals surface area contributed by atoms with Gasteiger partial charge in [0.15, 0.2) is 0 Å². The first-order chi connectivity index (χ1) is 12.4. The van der Waals surface area contributed by atoms with Crippen molar-refractivity contribution < 1.29 is 13.2 Å².